The largest absolute Gasteiger partial charge is 0.297 e. The number of pyridine rings is 1. The summed E-state index contributed by atoms with van der Waals surface area (Å²) in [6, 6.07) is 13.1. The van der Waals surface area contributed by atoms with E-state index in [4.69, 9.17) is 0 Å². The van der Waals surface area contributed by atoms with Gasteiger partial charge in [0, 0.05) is 12.7 Å². The van der Waals surface area contributed by atoms with Crippen LogP contribution in [0.2, 0.25) is 0 Å². The summed E-state index contributed by atoms with van der Waals surface area (Å²) in [4.78, 5) is 7.11. The number of likely N-dealkylation sites (tertiary alicyclic amines) is 1. The highest BCUT2D eigenvalue weighted by Gasteiger charge is 2.25. The van der Waals surface area contributed by atoms with Crippen LogP contribution in [0.4, 0.5) is 0 Å². The maximum absolute atomic E-state index is 4.57. The Morgan fingerprint density at radius 1 is 1.00 bits per heavy atom. The first kappa shape index (κ1) is 15.2. The fourth-order valence-electron chi connectivity index (χ4n) is 3.04. The quantitative estimate of drug-likeness (QED) is 0.817. The maximum atomic E-state index is 4.57. The van der Waals surface area contributed by atoms with E-state index in [1.807, 2.05) is 6.20 Å². The molecular formula is C20H26N2. The van der Waals surface area contributed by atoms with E-state index in [2.05, 4.69) is 67.1 Å². The van der Waals surface area contributed by atoms with Gasteiger partial charge in [-0.25, -0.2) is 0 Å². The standard InChI is InChI=1S/C20H26N2/c1-16-4-6-17(7-5-16)18-8-11-21-19(14-18)15-22-12-9-20(2,3)10-13-22/h4-8,11,14H,9-10,12-13,15H2,1-3H3. The zero-order valence-electron chi connectivity index (χ0n) is 14.0. The maximum Gasteiger partial charge on any atom is 0.0550 e. The van der Waals surface area contributed by atoms with E-state index in [0.717, 1.165) is 6.54 Å². The summed E-state index contributed by atoms with van der Waals surface area (Å²) >= 11 is 0. The number of rotatable bonds is 3. The molecule has 1 aliphatic heterocycles. The van der Waals surface area contributed by atoms with Gasteiger partial charge in [-0.1, -0.05) is 43.7 Å². The lowest BCUT2D eigenvalue weighted by atomic mass is 9.82. The van der Waals surface area contributed by atoms with Crippen LogP contribution in [-0.2, 0) is 6.54 Å². The molecule has 2 nitrogen and oxygen atoms in total. The van der Waals surface area contributed by atoms with Crippen molar-refractivity contribution in [1.29, 1.82) is 0 Å². The van der Waals surface area contributed by atoms with Gasteiger partial charge >= 0.3 is 0 Å². The minimum absolute atomic E-state index is 0.508. The van der Waals surface area contributed by atoms with Crippen molar-refractivity contribution in [3.05, 3.63) is 53.9 Å². The second-order valence-corrected chi connectivity index (χ2v) is 7.34. The highest BCUT2D eigenvalue weighted by molar-refractivity contribution is 5.63. The van der Waals surface area contributed by atoms with E-state index in [1.165, 1.54) is 48.3 Å². The summed E-state index contributed by atoms with van der Waals surface area (Å²) < 4.78 is 0. The third-order valence-electron chi connectivity index (χ3n) is 4.80. The van der Waals surface area contributed by atoms with Crippen LogP contribution >= 0.6 is 0 Å². The third kappa shape index (κ3) is 3.75. The van der Waals surface area contributed by atoms with Crippen LogP contribution in [0.25, 0.3) is 11.1 Å². The molecule has 0 N–H and O–H groups in total. The molecule has 116 valence electrons. The van der Waals surface area contributed by atoms with Crippen molar-refractivity contribution in [3.8, 4) is 11.1 Å². The molecule has 2 heterocycles. The van der Waals surface area contributed by atoms with Crippen LogP contribution in [0.3, 0.4) is 0 Å². The van der Waals surface area contributed by atoms with E-state index in [9.17, 15) is 0 Å². The summed E-state index contributed by atoms with van der Waals surface area (Å²) in [6.45, 7) is 10.2. The van der Waals surface area contributed by atoms with Crippen LogP contribution in [0.1, 0.15) is 37.9 Å². The number of nitrogens with zero attached hydrogens (tertiary/aromatic N) is 2. The first-order chi connectivity index (χ1) is 10.5. The molecule has 1 saturated heterocycles. The fraction of sp³-hybridized carbons (Fsp3) is 0.450. The molecule has 0 saturated carbocycles. The minimum atomic E-state index is 0.508. The zero-order chi connectivity index (χ0) is 15.6. The molecule has 1 aromatic carbocycles. The van der Waals surface area contributed by atoms with Crippen LogP contribution in [0.5, 0.6) is 0 Å². The number of piperidine rings is 1. The van der Waals surface area contributed by atoms with E-state index in [0.29, 0.717) is 5.41 Å². The molecule has 2 aromatic rings. The Balaban J connectivity index is 1.70. The van der Waals surface area contributed by atoms with Crippen molar-refractivity contribution in [2.75, 3.05) is 13.1 Å². The highest BCUT2D eigenvalue weighted by atomic mass is 15.1. The molecule has 0 unspecified atom stereocenters. The lowest BCUT2D eigenvalue weighted by molar-refractivity contribution is 0.126. The smallest absolute Gasteiger partial charge is 0.0550 e. The van der Waals surface area contributed by atoms with Gasteiger partial charge in [0.25, 0.3) is 0 Å². The van der Waals surface area contributed by atoms with Crippen LogP contribution in [0, 0.1) is 12.3 Å². The fourth-order valence-corrected chi connectivity index (χ4v) is 3.04. The first-order valence-corrected chi connectivity index (χ1v) is 8.26. The van der Waals surface area contributed by atoms with Gasteiger partial charge in [0.2, 0.25) is 0 Å². The molecule has 0 spiro atoms. The minimum Gasteiger partial charge on any atom is -0.297 e. The van der Waals surface area contributed by atoms with Gasteiger partial charge in [-0.05, 0) is 61.5 Å². The van der Waals surface area contributed by atoms with Gasteiger partial charge in [0.1, 0.15) is 0 Å². The third-order valence-corrected chi connectivity index (χ3v) is 4.80. The topological polar surface area (TPSA) is 16.1 Å². The molecule has 1 aliphatic rings. The van der Waals surface area contributed by atoms with Gasteiger partial charge in [-0.15, -0.1) is 0 Å². The summed E-state index contributed by atoms with van der Waals surface area (Å²) in [5, 5.41) is 0. The monoisotopic (exact) mass is 294 g/mol. The van der Waals surface area contributed by atoms with E-state index in [-0.39, 0.29) is 0 Å². The average molecular weight is 294 g/mol. The molecule has 0 radical (unpaired) electrons. The second kappa shape index (κ2) is 6.21. The Morgan fingerprint density at radius 3 is 2.36 bits per heavy atom. The van der Waals surface area contributed by atoms with Crippen molar-refractivity contribution in [2.45, 2.75) is 40.2 Å². The van der Waals surface area contributed by atoms with Gasteiger partial charge in [-0.3, -0.25) is 9.88 Å². The van der Waals surface area contributed by atoms with E-state index >= 15 is 0 Å². The Morgan fingerprint density at radius 2 is 1.68 bits per heavy atom. The van der Waals surface area contributed by atoms with Crippen LogP contribution < -0.4 is 0 Å². The van der Waals surface area contributed by atoms with Gasteiger partial charge in [0.15, 0.2) is 0 Å². The van der Waals surface area contributed by atoms with Crippen molar-refractivity contribution in [1.82, 2.24) is 9.88 Å². The molecule has 22 heavy (non-hydrogen) atoms. The Bertz CT molecular complexity index is 618. The normalized spacial score (nSPS) is 18.3. The Labute approximate surface area is 134 Å². The molecular weight excluding hydrogens is 268 g/mol. The van der Waals surface area contributed by atoms with Crippen molar-refractivity contribution < 1.29 is 0 Å². The summed E-state index contributed by atoms with van der Waals surface area (Å²) in [5.41, 5.74) is 5.52. The van der Waals surface area contributed by atoms with Crippen LogP contribution in [0.15, 0.2) is 42.6 Å². The summed E-state index contributed by atoms with van der Waals surface area (Å²) in [7, 11) is 0. The van der Waals surface area contributed by atoms with E-state index < -0.39 is 0 Å². The van der Waals surface area contributed by atoms with Crippen LogP contribution in [-0.4, -0.2) is 23.0 Å². The predicted octanol–water partition coefficient (Wildman–Crippen LogP) is 4.68. The van der Waals surface area contributed by atoms with Crippen molar-refractivity contribution in [3.63, 3.8) is 0 Å². The molecule has 0 bridgehead atoms. The average Bonchev–Trinajstić information content (AvgIpc) is 2.51. The number of hydrogen-bond donors (Lipinski definition) is 0. The van der Waals surface area contributed by atoms with Gasteiger partial charge in [0.05, 0.1) is 5.69 Å². The number of aryl methyl sites for hydroxylation is 1. The summed E-state index contributed by atoms with van der Waals surface area (Å²) in [5.74, 6) is 0. The van der Waals surface area contributed by atoms with Crippen molar-refractivity contribution in [2.24, 2.45) is 5.41 Å². The SMILES string of the molecule is Cc1ccc(-c2ccnc(CN3CCC(C)(C)CC3)c2)cc1. The molecule has 1 aromatic heterocycles. The lowest BCUT2D eigenvalue weighted by Gasteiger charge is -2.36. The molecule has 2 heteroatoms. The van der Waals surface area contributed by atoms with Gasteiger partial charge in [-0.2, -0.15) is 0 Å². The highest BCUT2D eigenvalue weighted by Crippen LogP contribution is 2.30. The number of hydrogen-bond acceptors (Lipinski definition) is 2. The van der Waals surface area contributed by atoms with E-state index in [1.54, 1.807) is 0 Å². The zero-order valence-corrected chi connectivity index (χ0v) is 14.0. The Hall–Kier alpha value is -1.67. The lowest BCUT2D eigenvalue weighted by Crippen LogP contribution is -2.36. The molecule has 1 fully saturated rings. The number of benzene rings is 1. The molecule has 0 amide bonds. The Kier molecular flexibility index (Phi) is 4.30. The molecule has 0 aliphatic carbocycles. The van der Waals surface area contributed by atoms with Crippen molar-refractivity contribution >= 4 is 0 Å². The molecule has 3 rings (SSSR count). The predicted molar refractivity (Wildman–Crippen MR) is 92.7 cm³/mol. The molecule has 0 atom stereocenters. The van der Waals surface area contributed by atoms with Gasteiger partial charge < -0.3 is 0 Å². The summed E-state index contributed by atoms with van der Waals surface area (Å²) in [6.07, 6.45) is 4.51. The number of aromatic nitrogens is 1. The second-order valence-electron chi connectivity index (χ2n) is 7.34. The first-order valence-electron chi connectivity index (χ1n) is 8.26.